The van der Waals surface area contributed by atoms with Crippen LogP contribution in [0.1, 0.15) is 20.8 Å². The fourth-order valence-electron chi connectivity index (χ4n) is 0.913. The number of urea groups is 1. The van der Waals surface area contributed by atoms with Gasteiger partial charge in [0.15, 0.2) is 0 Å². The minimum absolute atomic E-state index is 0.0869. The fourth-order valence-corrected chi connectivity index (χ4v) is 0.913. The standard InChI is InChI=1S/C10H18N2O2/c1-5-11(4)10(14)12(6-2)7-9(3)8-13/h7-8H,5-6H2,1-4H3/b9-7-. The van der Waals surface area contributed by atoms with Gasteiger partial charge in [0.25, 0.3) is 0 Å². The molecule has 0 aliphatic heterocycles. The number of nitrogens with zero attached hydrogens (tertiary/aromatic N) is 2. The van der Waals surface area contributed by atoms with Crippen LogP contribution < -0.4 is 0 Å². The maximum absolute atomic E-state index is 11.6. The summed E-state index contributed by atoms with van der Waals surface area (Å²) < 4.78 is 0. The van der Waals surface area contributed by atoms with Crippen LogP contribution in [0.25, 0.3) is 0 Å². The fraction of sp³-hybridized carbons (Fsp3) is 0.600. The lowest BCUT2D eigenvalue weighted by molar-refractivity contribution is -0.104. The van der Waals surface area contributed by atoms with Gasteiger partial charge in [-0.1, -0.05) is 0 Å². The molecule has 0 aliphatic rings. The van der Waals surface area contributed by atoms with E-state index in [1.54, 1.807) is 25.1 Å². The molecule has 0 aromatic carbocycles. The van der Waals surface area contributed by atoms with Gasteiger partial charge in [-0.25, -0.2) is 4.79 Å². The molecule has 0 aromatic heterocycles. The van der Waals surface area contributed by atoms with Gasteiger partial charge in [0.2, 0.25) is 0 Å². The smallest absolute Gasteiger partial charge is 0.323 e. The van der Waals surface area contributed by atoms with E-state index in [1.807, 2.05) is 13.8 Å². The Bertz CT molecular complexity index is 236. The first-order valence-corrected chi connectivity index (χ1v) is 4.72. The topological polar surface area (TPSA) is 40.6 Å². The summed E-state index contributed by atoms with van der Waals surface area (Å²) in [5, 5.41) is 0. The molecule has 0 N–H and O–H groups in total. The first kappa shape index (κ1) is 12.7. The van der Waals surface area contributed by atoms with Gasteiger partial charge in [-0.05, 0) is 20.8 Å². The van der Waals surface area contributed by atoms with Crippen molar-refractivity contribution in [1.82, 2.24) is 9.80 Å². The van der Waals surface area contributed by atoms with Crippen molar-refractivity contribution in [2.45, 2.75) is 20.8 Å². The molecule has 2 amide bonds. The monoisotopic (exact) mass is 198 g/mol. The summed E-state index contributed by atoms with van der Waals surface area (Å²) in [6.45, 7) is 6.67. The molecular formula is C10H18N2O2. The average Bonchev–Trinajstić information content (AvgIpc) is 2.23. The minimum atomic E-state index is -0.0869. The normalized spacial score (nSPS) is 11.0. The van der Waals surface area contributed by atoms with E-state index in [0.29, 0.717) is 18.7 Å². The third-order valence-electron chi connectivity index (χ3n) is 1.93. The lowest BCUT2D eigenvalue weighted by atomic mass is 10.3. The van der Waals surface area contributed by atoms with Crippen molar-refractivity contribution < 1.29 is 9.59 Å². The first-order valence-electron chi connectivity index (χ1n) is 4.72. The third-order valence-corrected chi connectivity index (χ3v) is 1.93. The van der Waals surface area contributed by atoms with Crippen molar-refractivity contribution in [2.24, 2.45) is 0 Å². The maximum Gasteiger partial charge on any atom is 0.323 e. The van der Waals surface area contributed by atoms with Gasteiger partial charge in [0.05, 0.1) is 0 Å². The summed E-state index contributed by atoms with van der Waals surface area (Å²) >= 11 is 0. The number of hydrogen-bond donors (Lipinski definition) is 0. The Morgan fingerprint density at radius 2 is 1.86 bits per heavy atom. The molecule has 0 bridgehead atoms. The summed E-state index contributed by atoms with van der Waals surface area (Å²) in [5.41, 5.74) is 0.546. The molecule has 0 unspecified atom stereocenters. The van der Waals surface area contributed by atoms with E-state index in [-0.39, 0.29) is 6.03 Å². The zero-order valence-electron chi connectivity index (χ0n) is 9.28. The van der Waals surface area contributed by atoms with Crippen LogP contribution in [0.3, 0.4) is 0 Å². The lowest BCUT2D eigenvalue weighted by Crippen LogP contribution is -2.38. The molecule has 0 saturated carbocycles. The highest BCUT2D eigenvalue weighted by Gasteiger charge is 2.12. The molecule has 4 heteroatoms. The molecule has 0 heterocycles. The Hall–Kier alpha value is -1.32. The highest BCUT2D eigenvalue weighted by Crippen LogP contribution is 2.00. The van der Waals surface area contributed by atoms with Crippen molar-refractivity contribution in [1.29, 1.82) is 0 Å². The minimum Gasteiger partial charge on any atom is -0.328 e. The first-order chi connectivity index (χ1) is 6.56. The molecular weight excluding hydrogens is 180 g/mol. The van der Waals surface area contributed by atoms with Gasteiger partial charge >= 0.3 is 6.03 Å². The predicted octanol–water partition coefficient (Wildman–Crippen LogP) is 1.48. The number of carbonyl (C=O) groups excluding carboxylic acids is 2. The van der Waals surface area contributed by atoms with Crippen LogP contribution >= 0.6 is 0 Å². The van der Waals surface area contributed by atoms with E-state index in [1.165, 1.54) is 4.90 Å². The summed E-state index contributed by atoms with van der Waals surface area (Å²) in [7, 11) is 1.73. The van der Waals surface area contributed by atoms with Crippen LogP contribution in [-0.4, -0.2) is 42.3 Å². The number of aldehydes is 1. The van der Waals surface area contributed by atoms with E-state index >= 15 is 0 Å². The lowest BCUT2D eigenvalue weighted by Gasteiger charge is -2.23. The highest BCUT2D eigenvalue weighted by atomic mass is 16.2. The van der Waals surface area contributed by atoms with Crippen molar-refractivity contribution in [2.75, 3.05) is 20.1 Å². The zero-order valence-corrected chi connectivity index (χ0v) is 9.28. The van der Waals surface area contributed by atoms with E-state index in [4.69, 9.17) is 0 Å². The second-order valence-electron chi connectivity index (χ2n) is 3.07. The quantitative estimate of drug-likeness (QED) is 0.507. The van der Waals surface area contributed by atoms with Gasteiger partial charge in [0, 0.05) is 31.9 Å². The highest BCUT2D eigenvalue weighted by molar-refractivity contribution is 5.78. The van der Waals surface area contributed by atoms with Crippen LogP contribution in [0, 0.1) is 0 Å². The average molecular weight is 198 g/mol. The summed E-state index contributed by atoms with van der Waals surface area (Å²) in [6, 6.07) is -0.0869. The zero-order chi connectivity index (χ0) is 11.1. The molecule has 14 heavy (non-hydrogen) atoms. The van der Waals surface area contributed by atoms with Crippen molar-refractivity contribution in [3.63, 3.8) is 0 Å². The number of rotatable bonds is 4. The van der Waals surface area contributed by atoms with Gasteiger partial charge < -0.3 is 9.80 Å². The van der Waals surface area contributed by atoms with E-state index in [2.05, 4.69) is 0 Å². The summed E-state index contributed by atoms with van der Waals surface area (Å²) in [4.78, 5) is 25.2. The van der Waals surface area contributed by atoms with Gasteiger partial charge in [0.1, 0.15) is 6.29 Å². The largest absolute Gasteiger partial charge is 0.328 e. The molecule has 4 nitrogen and oxygen atoms in total. The number of amides is 2. The van der Waals surface area contributed by atoms with Gasteiger partial charge in [-0.2, -0.15) is 0 Å². The molecule has 0 fully saturated rings. The summed E-state index contributed by atoms with van der Waals surface area (Å²) in [6.07, 6.45) is 2.31. The Morgan fingerprint density at radius 3 is 2.21 bits per heavy atom. The molecule has 0 rings (SSSR count). The van der Waals surface area contributed by atoms with E-state index in [0.717, 1.165) is 6.29 Å². The Morgan fingerprint density at radius 1 is 1.29 bits per heavy atom. The van der Waals surface area contributed by atoms with Gasteiger partial charge in [-0.3, -0.25) is 4.79 Å². The number of allylic oxidation sites excluding steroid dienone is 1. The number of hydrogen-bond acceptors (Lipinski definition) is 2. The molecule has 0 radical (unpaired) electrons. The van der Waals surface area contributed by atoms with Gasteiger partial charge in [-0.15, -0.1) is 0 Å². The molecule has 0 atom stereocenters. The van der Waals surface area contributed by atoms with E-state index in [9.17, 15) is 9.59 Å². The van der Waals surface area contributed by atoms with Crippen molar-refractivity contribution >= 4 is 12.3 Å². The number of carbonyl (C=O) groups is 2. The van der Waals surface area contributed by atoms with Crippen LogP contribution in [0.2, 0.25) is 0 Å². The van der Waals surface area contributed by atoms with Crippen LogP contribution in [0.5, 0.6) is 0 Å². The van der Waals surface area contributed by atoms with Crippen molar-refractivity contribution in [3.8, 4) is 0 Å². The predicted molar refractivity (Wildman–Crippen MR) is 55.9 cm³/mol. The maximum atomic E-state index is 11.6. The molecule has 0 saturated heterocycles. The van der Waals surface area contributed by atoms with E-state index < -0.39 is 0 Å². The molecule has 0 spiro atoms. The Kier molecular flexibility index (Phi) is 5.60. The Balaban J connectivity index is 4.56. The second kappa shape index (κ2) is 6.18. The van der Waals surface area contributed by atoms with Crippen LogP contribution in [0.15, 0.2) is 11.8 Å². The molecule has 80 valence electrons. The second-order valence-corrected chi connectivity index (χ2v) is 3.07. The van der Waals surface area contributed by atoms with Crippen LogP contribution in [0.4, 0.5) is 4.79 Å². The Labute approximate surface area is 85.2 Å². The van der Waals surface area contributed by atoms with Crippen LogP contribution in [-0.2, 0) is 4.79 Å². The SMILES string of the molecule is CCN(C)C(=O)N(/C=C(/C)C=O)CC. The summed E-state index contributed by atoms with van der Waals surface area (Å²) in [5.74, 6) is 0. The molecule has 0 aromatic rings. The third kappa shape index (κ3) is 3.60. The molecule has 0 aliphatic carbocycles. The van der Waals surface area contributed by atoms with Crippen molar-refractivity contribution in [3.05, 3.63) is 11.8 Å².